The van der Waals surface area contributed by atoms with Gasteiger partial charge in [-0.05, 0) is 85.9 Å². The highest BCUT2D eigenvalue weighted by Gasteiger charge is 2.76. The Kier molecular flexibility index (Phi) is 20.3. The van der Waals surface area contributed by atoms with Crippen LogP contribution in [0.25, 0.3) is 0 Å². The number of aliphatic hydroxyl groups is 13. The summed E-state index contributed by atoms with van der Waals surface area (Å²) < 4.78 is 66.5. The summed E-state index contributed by atoms with van der Waals surface area (Å²) in [6, 6.07) is 0. The fourth-order valence-electron chi connectivity index (χ4n) is 17.6. The van der Waals surface area contributed by atoms with E-state index in [9.17, 15) is 90.7 Å². The second-order valence-electron chi connectivity index (χ2n) is 28.8. The van der Waals surface area contributed by atoms with Crippen molar-refractivity contribution in [1.29, 1.82) is 0 Å². The highest BCUT2D eigenvalue weighted by molar-refractivity contribution is 5.82. The molecule has 31 unspecified atom stereocenters. The summed E-state index contributed by atoms with van der Waals surface area (Å²) in [5.74, 6) is -5.38. The average Bonchev–Trinajstić information content (AvgIpc) is 0.742. The quantitative estimate of drug-likeness (QED) is 0.0311. The Morgan fingerprint density at radius 1 is 0.644 bits per heavy atom. The molecule has 5 aliphatic carbocycles. The molecule has 9 rings (SSSR count). The predicted octanol–water partition coefficient (Wildman–Crippen LogP) is -2.45. The van der Waals surface area contributed by atoms with Gasteiger partial charge in [-0.1, -0.05) is 67.0 Å². The molecule has 0 radical (unpaired) electrons. The molecule has 0 amide bonds. The van der Waals surface area contributed by atoms with Crippen LogP contribution >= 0.6 is 0 Å². The number of carboxylic acids is 1. The molecule has 514 valence electrons. The zero-order chi connectivity index (χ0) is 66.7. The predicted molar refractivity (Wildman–Crippen MR) is 301 cm³/mol. The lowest BCUT2D eigenvalue weighted by atomic mass is 9.32. The number of ether oxygens (including phenoxy) is 11. The molecule has 0 spiro atoms. The van der Waals surface area contributed by atoms with E-state index < -0.39 is 235 Å². The maximum absolute atomic E-state index is 14.0. The van der Waals surface area contributed by atoms with Crippen LogP contribution in [-0.2, 0) is 71.3 Å². The number of carbonyl (C=O) groups is 4. The van der Waals surface area contributed by atoms with Gasteiger partial charge in [0.25, 0.3) is 0 Å². The molecule has 0 bridgehead atoms. The maximum Gasteiger partial charge on any atom is 0.350 e. The number of allylic oxidation sites excluding steroid dienone is 1. The number of aliphatic hydroxyl groups excluding tert-OH is 13. The molecular formula is C61H96O29. The minimum atomic E-state index is -2.20. The number of esters is 3. The third-order valence-corrected chi connectivity index (χ3v) is 23.1. The number of carboxylic acid groups (broad SMARTS) is 1. The molecule has 0 aromatic rings. The molecule has 14 N–H and O–H groups in total. The van der Waals surface area contributed by atoms with Gasteiger partial charge in [0.2, 0.25) is 5.60 Å². The molecule has 4 saturated carbocycles. The van der Waals surface area contributed by atoms with Crippen molar-refractivity contribution >= 4 is 23.9 Å². The number of fused-ring (bicyclic) bond motifs is 7. The van der Waals surface area contributed by atoms with Gasteiger partial charge in [0, 0.05) is 24.7 Å². The minimum absolute atomic E-state index is 0.0278. The van der Waals surface area contributed by atoms with Gasteiger partial charge in [0.15, 0.2) is 31.3 Å². The summed E-state index contributed by atoms with van der Waals surface area (Å²) in [7, 11) is 0. The van der Waals surface area contributed by atoms with Crippen LogP contribution in [0.15, 0.2) is 11.6 Å². The van der Waals surface area contributed by atoms with Crippen LogP contribution in [0.2, 0.25) is 0 Å². The molecule has 4 saturated heterocycles. The van der Waals surface area contributed by atoms with E-state index in [1.165, 1.54) is 13.8 Å². The normalized spacial score (nSPS) is 49.5. The van der Waals surface area contributed by atoms with Gasteiger partial charge in [-0.15, -0.1) is 0 Å². The van der Waals surface area contributed by atoms with Gasteiger partial charge < -0.3 is 124 Å². The molecule has 31 atom stereocenters. The first kappa shape index (κ1) is 71.1. The average molecular weight is 1290 g/mol. The summed E-state index contributed by atoms with van der Waals surface area (Å²) in [5, 5.41) is 158. The Morgan fingerprint density at radius 2 is 1.22 bits per heavy atom. The van der Waals surface area contributed by atoms with Gasteiger partial charge in [0.1, 0.15) is 98.2 Å². The number of aliphatic carboxylic acids is 1. The van der Waals surface area contributed by atoms with Crippen LogP contribution < -0.4 is 0 Å². The summed E-state index contributed by atoms with van der Waals surface area (Å²) in [6.07, 6.45) is -37.4. The van der Waals surface area contributed by atoms with Gasteiger partial charge >= 0.3 is 23.9 Å². The molecule has 0 aromatic carbocycles. The number of hydrogen-bond donors (Lipinski definition) is 14. The molecule has 90 heavy (non-hydrogen) atoms. The van der Waals surface area contributed by atoms with Crippen molar-refractivity contribution in [2.45, 2.75) is 268 Å². The van der Waals surface area contributed by atoms with E-state index in [0.29, 0.717) is 25.7 Å². The van der Waals surface area contributed by atoms with E-state index in [1.54, 1.807) is 6.92 Å². The lowest BCUT2D eigenvalue weighted by Crippen LogP contribution is -2.76. The van der Waals surface area contributed by atoms with E-state index in [2.05, 4.69) is 19.9 Å². The van der Waals surface area contributed by atoms with E-state index in [1.807, 2.05) is 34.6 Å². The molecule has 8 fully saturated rings. The third kappa shape index (κ3) is 11.6. The molecule has 4 heterocycles. The van der Waals surface area contributed by atoms with Crippen LogP contribution in [0.1, 0.15) is 121 Å². The largest absolute Gasteiger partial charge is 0.479 e. The zero-order valence-electron chi connectivity index (χ0n) is 52.8. The van der Waals surface area contributed by atoms with Crippen molar-refractivity contribution in [2.24, 2.45) is 50.2 Å². The zero-order valence-corrected chi connectivity index (χ0v) is 52.8. The van der Waals surface area contributed by atoms with Crippen molar-refractivity contribution in [3.63, 3.8) is 0 Å². The first-order valence-electron chi connectivity index (χ1n) is 31.3. The molecule has 0 aromatic heterocycles. The highest BCUT2D eigenvalue weighted by Crippen LogP contribution is 2.76. The molecule has 29 nitrogen and oxygen atoms in total. The number of hydrogen-bond acceptors (Lipinski definition) is 28. The molecule has 4 aliphatic heterocycles. The molecule has 9 aliphatic rings. The molecule has 29 heteroatoms. The first-order valence-corrected chi connectivity index (χ1v) is 31.3. The standard InChI is InChI=1S/C61H96O29/c1-12-59(10,90-25(3)65)54(79)89-48-47(76)61(23-81-24(2)64)27(19-55(48,4)5)26-13-14-32-57(8)17-16-33(56(6,7)31(57)15-18-58(32,9)60(26,11)45(74)46(61)75)84-53-44(88-52-40(73)37(70)35(68)29(20-62)82-52)42(85-50-38(71)34(67)28(66)22-80-50)41(43(87-53)49(77)78)86-51-39(72)36(69)30(21-63)83-51/h13,27-48,50-53,62-63,66-76H,12,14-23H2,1-11H3,(H,77,78). The Morgan fingerprint density at radius 3 is 1.80 bits per heavy atom. The van der Waals surface area contributed by atoms with Crippen molar-refractivity contribution in [3.05, 3.63) is 11.6 Å². The van der Waals surface area contributed by atoms with Crippen molar-refractivity contribution in [1.82, 2.24) is 0 Å². The summed E-state index contributed by atoms with van der Waals surface area (Å²) in [4.78, 5) is 52.5. The van der Waals surface area contributed by atoms with Crippen molar-refractivity contribution < 1.29 is 143 Å². The fourth-order valence-corrected chi connectivity index (χ4v) is 17.6. The second kappa shape index (κ2) is 25.7. The molecular weight excluding hydrogens is 1200 g/mol. The van der Waals surface area contributed by atoms with Crippen LogP contribution in [0.4, 0.5) is 0 Å². The SMILES string of the molecule is CCC(C)(OC(C)=O)C(=O)OC1C(O)C2(COC(C)=O)C(CC1(C)C)C1=CCC3C4(C)CCC(OC5OC(C(=O)O)C(OC6OC(CO)C(O)C6O)C(OC6OCC(O)C(O)C6O)C5OC5OC(CO)C(O)C(O)C5O)C(C)(C)C4CCC3(C)C1(C)C(O)C2O. The Labute approximate surface area is 521 Å². The van der Waals surface area contributed by atoms with Crippen molar-refractivity contribution in [2.75, 3.05) is 26.4 Å². The van der Waals surface area contributed by atoms with Crippen molar-refractivity contribution in [3.8, 4) is 0 Å². The fraction of sp³-hybridized carbons (Fsp3) is 0.902. The smallest absolute Gasteiger partial charge is 0.350 e. The van der Waals surface area contributed by atoms with Crippen LogP contribution in [-0.4, -0.2) is 269 Å². The minimum Gasteiger partial charge on any atom is -0.479 e. The Bertz CT molecular complexity index is 2640. The van der Waals surface area contributed by atoms with E-state index in [4.69, 9.17) is 52.1 Å². The topological polar surface area (TPSA) is 453 Å². The first-order chi connectivity index (χ1) is 41.9. The summed E-state index contributed by atoms with van der Waals surface area (Å²) in [6.45, 7) is 16.2. The van der Waals surface area contributed by atoms with Gasteiger partial charge in [-0.3, -0.25) is 9.59 Å². The highest BCUT2D eigenvalue weighted by atomic mass is 16.8. The second-order valence-corrected chi connectivity index (χ2v) is 28.8. The van der Waals surface area contributed by atoms with Crippen LogP contribution in [0, 0.1) is 50.2 Å². The maximum atomic E-state index is 14.0. The van der Waals surface area contributed by atoms with Gasteiger partial charge in [0.05, 0.1) is 43.5 Å². The number of rotatable bonds is 17. The Balaban J connectivity index is 1.07. The Hall–Kier alpha value is -3.22. The summed E-state index contributed by atoms with van der Waals surface area (Å²) >= 11 is 0. The van der Waals surface area contributed by atoms with E-state index in [-0.39, 0.29) is 31.1 Å². The lowest BCUT2D eigenvalue weighted by molar-refractivity contribution is -0.401. The van der Waals surface area contributed by atoms with Crippen LogP contribution in [0.5, 0.6) is 0 Å². The summed E-state index contributed by atoms with van der Waals surface area (Å²) in [5.41, 5.74) is -7.41. The third-order valence-electron chi connectivity index (χ3n) is 23.1. The van der Waals surface area contributed by atoms with Crippen LogP contribution in [0.3, 0.4) is 0 Å². The van der Waals surface area contributed by atoms with E-state index in [0.717, 1.165) is 12.5 Å². The van der Waals surface area contributed by atoms with Gasteiger partial charge in [-0.25, -0.2) is 9.59 Å². The van der Waals surface area contributed by atoms with Gasteiger partial charge in [-0.2, -0.15) is 0 Å². The monoisotopic (exact) mass is 1290 g/mol. The lowest BCUT2D eigenvalue weighted by Gasteiger charge is -2.73. The van der Waals surface area contributed by atoms with E-state index >= 15 is 0 Å². The number of carbonyl (C=O) groups excluding carboxylic acids is 3.